The van der Waals surface area contributed by atoms with Crippen LogP contribution in [0.15, 0.2) is 53.8 Å². The molecule has 1 saturated carbocycles. The van der Waals surface area contributed by atoms with Crippen LogP contribution in [-0.4, -0.2) is 78.7 Å². The summed E-state index contributed by atoms with van der Waals surface area (Å²) in [5.74, 6) is -0.0337. The van der Waals surface area contributed by atoms with E-state index in [0.29, 0.717) is 26.1 Å². The lowest BCUT2D eigenvalue weighted by molar-refractivity contribution is -0.145. The van der Waals surface area contributed by atoms with E-state index >= 15 is 0 Å². The van der Waals surface area contributed by atoms with Gasteiger partial charge in [0.15, 0.2) is 0 Å². The Morgan fingerprint density at radius 1 is 1.08 bits per heavy atom. The second-order valence-corrected chi connectivity index (χ2v) is 10.8. The van der Waals surface area contributed by atoms with Crippen LogP contribution in [0.1, 0.15) is 51.0 Å². The van der Waals surface area contributed by atoms with Crippen molar-refractivity contribution in [1.82, 2.24) is 20.9 Å². The van der Waals surface area contributed by atoms with Crippen molar-refractivity contribution in [3.05, 3.63) is 59.4 Å². The quantitative estimate of drug-likeness (QED) is 0.464. The molecule has 0 bridgehead atoms. The summed E-state index contributed by atoms with van der Waals surface area (Å²) in [6.07, 6.45) is 8.61. The molecule has 4 atom stereocenters. The van der Waals surface area contributed by atoms with Crippen LogP contribution < -0.4 is 16.0 Å². The number of ether oxygens (including phenoxy) is 1. The van der Waals surface area contributed by atoms with Crippen molar-refractivity contribution in [2.75, 3.05) is 26.7 Å². The Morgan fingerprint density at radius 3 is 2.56 bits per heavy atom. The molecule has 0 saturated heterocycles. The number of benzene rings is 1. The first-order valence-electron chi connectivity index (χ1n) is 14.2. The summed E-state index contributed by atoms with van der Waals surface area (Å²) in [7, 11) is 1.54. The second-order valence-electron chi connectivity index (χ2n) is 10.8. The third kappa shape index (κ3) is 7.92. The summed E-state index contributed by atoms with van der Waals surface area (Å²) < 4.78 is 6.10. The molecule has 9 nitrogen and oxygen atoms in total. The number of aliphatic hydroxyl groups excluding tert-OH is 1. The highest BCUT2D eigenvalue weighted by molar-refractivity contribution is 5.93. The zero-order valence-corrected chi connectivity index (χ0v) is 23.0. The molecule has 9 heteroatoms. The minimum absolute atomic E-state index is 0.184. The highest BCUT2D eigenvalue weighted by Crippen LogP contribution is 2.33. The van der Waals surface area contributed by atoms with Gasteiger partial charge in [-0.1, -0.05) is 36.4 Å². The Hall–Kier alpha value is -3.17. The predicted octanol–water partition coefficient (Wildman–Crippen LogP) is 1.82. The van der Waals surface area contributed by atoms with Gasteiger partial charge in [-0.15, -0.1) is 0 Å². The van der Waals surface area contributed by atoms with Crippen LogP contribution >= 0.6 is 0 Å². The number of rotatable bonds is 4. The molecule has 4 rings (SSSR count). The molecule has 2 aliphatic carbocycles. The molecule has 39 heavy (non-hydrogen) atoms. The lowest BCUT2D eigenvalue weighted by atomic mass is 9.99. The van der Waals surface area contributed by atoms with Gasteiger partial charge in [-0.05, 0) is 68.6 Å². The summed E-state index contributed by atoms with van der Waals surface area (Å²) in [6.45, 7) is 2.86. The average molecular weight is 539 g/mol. The first kappa shape index (κ1) is 28.8. The van der Waals surface area contributed by atoms with E-state index in [9.17, 15) is 19.5 Å². The van der Waals surface area contributed by atoms with E-state index in [1.807, 2.05) is 36.4 Å². The van der Waals surface area contributed by atoms with Gasteiger partial charge in [-0.25, -0.2) is 0 Å². The molecule has 0 spiro atoms. The normalized spacial score (nSPS) is 27.0. The largest absolute Gasteiger partial charge is 0.492 e. The van der Waals surface area contributed by atoms with E-state index in [-0.39, 0.29) is 17.7 Å². The predicted molar refractivity (Wildman–Crippen MR) is 148 cm³/mol. The van der Waals surface area contributed by atoms with Crippen molar-refractivity contribution in [1.29, 1.82) is 0 Å². The van der Waals surface area contributed by atoms with Crippen LogP contribution in [-0.2, 0) is 25.5 Å². The van der Waals surface area contributed by atoms with Gasteiger partial charge in [-0.3, -0.25) is 14.4 Å². The first-order valence-corrected chi connectivity index (χ1v) is 14.2. The Bertz CT molecular complexity index is 1070. The van der Waals surface area contributed by atoms with Crippen LogP contribution in [0.3, 0.4) is 0 Å². The minimum atomic E-state index is -1.14. The Balaban J connectivity index is 1.58. The van der Waals surface area contributed by atoms with Gasteiger partial charge in [0.25, 0.3) is 0 Å². The molecule has 1 aliphatic heterocycles. The average Bonchev–Trinajstić information content (AvgIpc) is 3.76. The van der Waals surface area contributed by atoms with Gasteiger partial charge in [0.2, 0.25) is 17.7 Å². The number of hydrogen-bond donors (Lipinski definition) is 4. The number of amides is 3. The number of hydrogen-bond acceptors (Lipinski definition) is 6. The summed E-state index contributed by atoms with van der Waals surface area (Å²) >= 11 is 0. The zero-order valence-electron chi connectivity index (χ0n) is 23.0. The van der Waals surface area contributed by atoms with Crippen molar-refractivity contribution in [2.45, 2.75) is 76.1 Å². The maximum Gasteiger partial charge on any atom is 0.246 e. The molecule has 1 aromatic carbocycles. The summed E-state index contributed by atoms with van der Waals surface area (Å²) in [4.78, 5) is 41.7. The van der Waals surface area contributed by atoms with E-state index < -0.39 is 30.1 Å². The maximum absolute atomic E-state index is 13.6. The van der Waals surface area contributed by atoms with E-state index in [0.717, 1.165) is 49.8 Å². The number of nitrogens with one attached hydrogen (secondary N) is 3. The molecule has 4 N–H and O–H groups in total. The third-order valence-electron chi connectivity index (χ3n) is 7.67. The number of allylic oxidation sites excluding steroid dienone is 3. The molecule has 1 heterocycles. The molecule has 1 unspecified atom stereocenters. The van der Waals surface area contributed by atoms with E-state index in [4.69, 9.17) is 4.74 Å². The number of likely N-dealkylation sites (N-methyl/N-ethyl adjacent to an activating group) is 1. The molecule has 212 valence electrons. The SMILES string of the molecule is CC(O)[C@H]1C(=O)N[C@H](Cc2ccccc2)C(=O)NCCCC2=C(C=CCC2)OCCN[C@@H](C2CC2)C(=O)N1C. The van der Waals surface area contributed by atoms with Gasteiger partial charge >= 0.3 is 0 Å². The second kappa shape index (κ2) is 13.8. The van der Waals surface area contributed by atoms with Crippen LogP contribution in [0.4, 0.5) is 0 Å². The number of carbonyl (C=O) groups is 3. The van der Waals surface area contributed by atoms with Crippen LogP contribution in [0.2, 0.25) is 0 Å². The number of carbonyl (C=O) groups excluding carboxylic acids is 3. The highest BCUT2D eigenvalue weighted by Gasteiger charge is 2.41. The standard InChI is InChI=1S/C30H42N4O5/c1-20(35)27-29(37)33-24(19-21-9-4-3-5-10-21)28(36)32-16-8-12-22-11-6-7-13-25(22)39-18-17-31-26(23-14-15-23)30(38)34(27)2/h3-5,7,9-10,13,20,23-24,26-27,31,35H,6,8,11-12,14-19H2,1-2H3,(H,32,36)(H,33,37)/t20?,24-,26+,27+/m1/s1. The van der Waals surface area contributed by atoms with Crippen LogP contribution in [0.5, 0.6) is 0 Å². The number of nitrogens with zero attached hydrogens (tertiary/aromatic N) is 1. The molecule has 1 fully saturated rings. The smallest absolute Gasteiger partial charge is 0.246 e. The molecular formula is C30H42N4O5. The highest BCUT2D eigenvalue weighted by atomic mass is 16.5. The van der Waals surface area contributed by atoms with Crippen LogP contribution in [0, 0.1) is 5.92 Å². The lowest BCUT2D eigenvalue weighted by Gasteiger charge is -2.33. The summed E-state index contributed by atoms with van der Waals surface area (Å²) in [5.41, 5.74) is 2.13. The Labute approximate surface area is 231 Å². The fourth-order valence-electron chi connectivity index (χ4n) is 5.38. The van der Waals surface area contributed by atoms with Crippen molar-refractivity contribution < 1.29 is 24.2 Å². The lowest BCUT2D eigenvalue weighted by Crippen LogP contribution is -2.60. The van der Waals surface area contributed by atoms with Gasteiger partial charge in [0.1, 0.15) is 24.4 Å². The molecule has 3 aliphatic rings. The van der Waals surface area contributed by atoms with Gasteiger partial charge in [0.05, 0.1) is 12.1 Å². The van der Waals surface area contributed by atoms with E-state index in [1.165, 1.54) is 17.4 Å². The fraction of sp³-hybridized carbons (Fsp3) is 0.567. The molecular weight excluding hydrogens is 496 g/mol. The molecule has 0 aromatic heterocycles. The van der Waals surface area contributed by atoms with Crippen molar-refractivity contribution in [3.8, 4) is 0 Å². The van der Waals surface area contributed by atoms with E-state index in [2.05, 4.69) is 22.0 Å². The molecule has 3 amide bonds. The first-order chi connectivity index (χ1) is 18.8. The summed E-state index contributed by atoms with van der Waals surface area (Å²) in [6, 6.07) is 7.03. The Morgan fingerprint density at radius 2 is 1.85 bits per heavy atom. The van der Waals surface area contributed by atoms with E-state index in [1.54, 1.807) is 7.05 Å². The van der Waals surface area contributed by atoms with Gasteiger partial charge in [0, 0.05) is 26.6 Å². The van der Waals surface area contributed by atoms with Crippen molar-refractivity contribution >= 4 is 17.7 Å². The zero-order chi connectivity index (χ0) is 27.8. The Kier molecular flexibility index (Phi) is 10.2. The number of aliphatic hydroxyl groups is 1. The van der Waals surface area contributed by atoms with Crippen molar-refractivity contribution in [2.24, 2.45) is 5.92 Å². The molecule has 1 aromatic rings. The topological polar surface area (TPSA) is 120 Å². The van der Waals surface area contributed by atoms with Crippen LogP contribution in [0.25, 0.3) is 0 Å². The van der Waals surface area contributed by atoms with Gasteiger partial charge in [-0.2, -0.15) is 0 Å². The monoisotopic (exact) mass is 538 g/mol. The molecule has 0 radical (unpaired) electrons. The van der Waals surface area contributed by atoms with Crippen molar-refractivity contribution in [3.63, 3.8) is 0 Å². The third-order valence-corrected chi connectivity index (χ3v) is 7.67. The van der Waals surface area contributed by atoms with Gasteiger partial charge < -0.3 is 30.7 Å². The fourth-order valence-corrected chi connectivity index (χ4v) is 5.38. The maximum atomic E-state index is 13.6. The minimum Gasteiger partial charge on any atom is -0.492 e. The summed E-state index contributed by atoms with van der Waals surface area (Å²) in [5, 5.41) is 19.7.